The Morgan fingerprint density at radius 2 is 1.65 bits per heavy atom. The quantitative estimate of drug-likeness (QED) is 0.255. The average molecular weight is 457 g/mol. The Kier molecular flexibility index (Phi) is 6.09. The Hall–Kier alpha value is -4.53. The predicted octanol–water partition coefficient (Wildman–Crippen LogP) is 4.04. The molecule has 0 fully saturated rings. The fourth-order valence-corrected chi connectivity index (χ4v) is 3.79. The van der Waals surface area contributed by atoms with Gasteiger partial charge in [0.05, 0.1) is 28.1 Å². The van der Waals surface area contributed by atoms with Crippen LogP contribution in [-0.2, 0) is 6.54 Å². The number of nitrogens with zero attached hydrogens (tertiary/aromatic N) is 4. The molecule has 0 aliphatic heterocycles. The number of amides is 1. The minimum atomic E-state index is -0.524. The Bertz CT molecular complexity index is 1380. The zero-order chi connectivity index (χ0) is 24.4. The van der Waals surface area contributed by atoms with Crippen molar-refractivity contribution in [2.45, 2.75) is 6.54 Å². The molecule has 0 saturated carbocycles. The molecule has 0 spiro atoms. The van der Waals surface area contributed by atoms with E-state index < -0.39 is 10.7 Å². The molecule has 172 valence electrons. The lowest BCUT2D eigenvalue weighted by Gasteiger charge is -2.18. The second kappa shape index (κ2) is 9.14. The summed E-state index contributed by atoms with van der Waals surface area (Å²) < 4.78 is 0. The fraction of sp³-hybridized carbons (Fsp3) is 0.160. The monoisotopic (exact) mass is 457 g/mol. The fourth-order valence-electron chi connectivity index (χ4n) is 3.79. The molecule has 0 unspecified atom stereocenters. The molecule has 4 aromatic rings. The SMILES string of the molecule is CN(Cc1nc2ccccc2[nH]1)C(=O)c1ccccc1C(=O)c1ccc(N(C)C)c([N+](=O)[O-])c1. The van der Waals surface area contributed by atoms with Crippen LogP contribution in [0.25, 0.3) is 11.0 Å². The standard InChI is InChI=1S/C25H23N5O4/c1-28(2)21-13-12-16(14-22(21)30(33)34)24(31)17-8-4-5-9-18(17)25(32)29(3)15-23-26-19-10-6-7-11-20(19)27-23/h4-14H,15H2,1-3H3,(H,26,27). The molecule has 0 aliphatic carbocycles. The van der Waals surface area contributed by atoms with Crippen molar-refractivity contribution in [2.75, 3.05) is 26.0 Å². The Morgan fingerprint density at radius 1 is 0.971 bits per heavy atom. The zero-order valence-corrected chi connectivity index (χ0v) is 19.0. The summed E-state index contributed by atoms with van der Waals surface area (Å²) in [5.74, 6) is -0.200. The summed E-state index contributed by atoms with van der Waals surface area (Å²) in [4.78, 5) is 48.3. The molecule has 0 saturated heterocycles. The van der Waals surface area contributed by atoms with Crippen LogP contribution in [0.4, 0.5) is 11.4 Å². The van der Waals surface area contributed by atoms with E-state index in [0.29, 0.717) is 11.5 Å². The molecular weight excluding hydrogens is 434 g/mol. The normalized spacial score (nSPS) is 10.8. The van der Waals surface area contributed by atoms with Crippen molar-refractivity contribution in [3.8, 4) is 0 Å². The van der Waals surface area contributed by atoms with Gasteiger partial charge in [-0.2, -0.15) is 0 Å². The lowest BCUT2D eigenvalue weighted by Crippen LogP contribution is -2.28. The number of carbonyl (C=O) groups is 2. The number of carbonyl (C=O) groups excluding carboxylic acids is 2. The molecule has 0 atom stereocenters. The van der Waals surface area contributed by atoms with Crippen molar-refractivity contribution in [1.29, 1.82) is 0 Å². The Morgan fingerprint density at radius 3 is 2.32 bits per heavy atom. The van der Waals surface area contributed by atoms with E-state index in [1.165, 1.54) is 23.1 Å². The second-order valence-corrected chi connectivity index (χ2v) is 8.09. The van der Waals surface area contributed by atoms with Gasteiger partial charge in [0.25, 0.3) is 11.6 Å². The van der Waals surface area contributed by atoms with E-state index in [9.17, 15) is 19.7 Å². The van der Waals surface area contributed by atoms with E-state index >= 15 is 0 Å². The molecule has 1 amide bonds. The number of H-pyrrole nitrogens is 1. The smallest absolute Gasteiger partial charge is 0.293 e. The second-order valence-electron chi connectivity index (χ2n) is 8.09. The van der Waals surface area contributed by atoms with Crippen molar-refractivity contribution in [3.05, 3.63) is 99.4 Å². The molecule has 3 aromatic carbocycles. The number of benzene rings is 3. The van der Waals surface area contributed by atoms with Crippen molar-refractivity contribution in [3.63, 3.8) is 0 Å². The summed E-state index contributed by atoms with van der Waals surface area (Å²) in [7, 11) is 5.01. The highest BCUT2D eigenvalue weighted by Gasteiger charge is 2.24. The average Bonchev–Trinajstić information content (AvgIpc) is 3.24. The maximum absolute atomic E-state index is 13.3. The first kappa shape index (κ1) is 22.7. The highest BCUT2D eigenvalue weighted by molar-refractivity contribution is 6.15. The number of aromatic nitrogens is 2. The molecular formula is C25H23N5O4. The summed E-state index contributed by atoms with van der Waals surface area (Å²) in [6.45, 7) is 0.221. The number of para-hydroxylation sites is 2. The van der Waals surface area contributed by atoms with Gasteiger partial charge in [-0.05, 0) is 30.3 Å². The molecule has 0 bridgehead atoms. The van der Waals surface area contributed by atoms with Crippen molar-refractivity contribution in [2.24, 2.45) is 0 Å². The summed E-state index contributed by atoms with van der Waals surface area (Å²) in [6.07, 6.45) is 0. The maximum Gasteiger partial charge on any atom is 0.293 e. The third-order valence-corrected chi connectivity index (χ3v) is 5.49. The van der Waals surface area contributed by atoms with Gasteiger partial charge in [0.1, 0.15) is 11.5 Å². The summed E-state index contributed by atoms with van der Waals surface area (Å²) in [5, 5.41) is 11.5. The van der Waals surface area contributed by atoms with Gasteiger partial charge < -0.3 is 14.8 Å². The third-order valence-electron chi connectivity index (χ3n) is 5.49. The minimum Gasteiger partial charge on any atom is -0.372 e. The number of nitro groups is 1. The largest absolute Gasteiger partial charge is 0.372 e. The van der Waals surface area contributed by atoms with Crippen LogP contribution < -0.4 is 4.90 Å². The molecule has 9 nitrogen and oxygen atoms in total. The number of nitrogens with one attached hydrogen (secondary N) is 1. The van der Waals surface area contributed by atoms with Gasteiger partial charge in [-0.15, -0.1) is 0 Å². The van der Waals surface area contributed by atoms with Crippen LogP contribution in [0.2, 0.25) is 0 Å². The lowest BCUT2D eigenvalue weighted by molar-refractivity contribution is -0.384. The molecule has 1 aromatic heterocycles. The van der Waals surface area contributed by atoms with E-state index in [1.54, 1.807) is 50.3 Å². The van der Waals surface area contributed by atoms with E-state index in [0.717, 1.165) is 11.0 Å². The van der Waals surface area contributed by atoms with Crippen LogP contribution in [-0.4, -0.2) is 52.6 Å². The number of aromatic amines is 1. The minimum absolute atomic E-state index is 0.137. The Labute approximate surface area is 195 Å². The number of fused-ring (bicyclic) bond motifs is 1. The first-order chi connectivity index (χ1) is 16.3. The Balaban J connectivity index is 1.63. The van der Waals surface area contributed by atoms with Gasteiger partial charge >= 0.3 is 0 Å². The van der Waals surface area contributed by atoms with Gasteiger partial charge in [0.15, 0.2) is 5.78 Å². The van der Waals surface area contributed by atoms with Crippen LogP contribution in [0.5, 0.6) is 0 Å². The van der Waals surface area contributed by atoms with Gasteiger partial charge in [-0.3, -0.25) is 19.7 Å². The molecule has 9 heteroatoms. The number of nitro benzene ring substituents is 1. The first-order valence-corrected chi connectivity index (χ1v) is 10.5. The van der Waals surface area contributed by atoms with E-state index in [2.05, 4.69) is 9.97 Å². The summed E-state index contributed by atoms with van der Waals surface area (Å²) in [6, 6.07) is 18.3. The number of ketones is 1. The van der Waals surface area contributed by atoms with Gasteiger partial charge in [0.2, 0.25) is 0 Å². The van der Waals surface area contributed by atoms with E-state index in [4.69, 9.17) is 0 Å². The topological polar surface area (TPSA) is 112 Å². The summed E-state index contributed by atoms with van der Waals surface area (Å²) >= 11 is 0. The lowest BCUT2D eigenvalue weighted by atomic mass is 9.97. The first-order valence-electron chi connectivity index (χ1n) is 10.5. The van der Waals surface area contributed by atoms with E-state index in [-0.39, 0.29) is 34.8 Å². The molecule has 1 heterocycles. The van der Waals surface area contributed by atoms with Crippen molar-refractivity contribution < 1.29 is 14.5 Å². The van der Waals surface area contributed by atoms with Gasteiger partial charge in [0, 0.05) is 38.3 Å². The summed E-state index contributed by atoms with van der Waals surface area (Å²) in [5.41, 5.74) is 2.41. The molecule has 1 N–H and O–H groups in total. The van der Waals surface area contributed by atoms with E-state index in [1.807, 2.05) is 24.3 Å². The van der Waals surface area contributed by atoms with Crippen LogP contribution in [0.3, 0.4) is 0 Å². The van der Waals surface area contributed by atoms with Gasteiger partial charge in [-0.25, -0.2) is 4.98 Å². The van der Waals surface area contributed by atoms with Crippen molar-refractivity contribution >= 4 is 34.1 Å². The van der Waals surface area contributed by atoms with Crippen molar-refractivity contribution in [1.82, 2.24) is 14.9 Å². The van der Waals surface area contributed by atoms with Crippen LogP contribution in [0.15, 0.2) is 66.7 Å². The highest BCUT2D eigenvalue weighted by atomic mass is 16.6. The molecule has 34 heavy (non-hydrogen) atoms. The van der Waals surface area contributed by atoms with Crippen LogP contribution in [0.1, 0.15) is 32.1 Å². The molecule has 0 radical (unpaired) electrons. The molecule has 0 aliphatic rings. The van der Waals surface area contributed by atoms with Crippen LogP contribution >= 0.6 is 0 Å². The number of rotatable bonds is 7. The highest BCUT2D eigenvalue weighted by Crippen LogP contribution is 2.29. The number of anilines is 1. The van der Waals surface area contributed by atoms with Crippen LogP contribution in [0, 0.1) is 10.1 Å². The number of hydrogen-bond acceptors (Lipinski definition) is 6. The predicted molar refractivity (Wildman–Crippen MR) is 129 cm³/mol. The number of imidazole rings is 1. The number of hydrogen-bond donors (Lipinski definition) is 1. The maximum atomic E-state index is 13.3. The molecule has 4 rings (SSSR count). The zero-order valence-electron chi connectivity index (χ0n) is 19.0. The van der Waals surface area contributed by atoms with Gasteiger partial charge in [-0.1, -0.05) is 30.3 Å². The third kappa shape index (κ3) is 4.36.